The molecule has 608 valence electrons. The number of phosphoric acid groups is 2. The van der Waals surface area contributed by atoms with Gasteiger partial charge in [-0.25, -0.2) is 9.13 Å². The average Bonchev–Trinajstić information content (AvgIpc) is 0.903. The van der Waals surface area contributed by atoms with Crippen molar-refractivity contribution in [3.05, 3.63) is 134 Å². The number of rotatable bonds is 77. The molecule has 0 rings (SSSR count). The van der Waals surface area contributed by atoms with Crippen molar-refractivity contribution in [3.8, 4) is 0 Å². The van der Waals surface area contributed by atoms with Gasteiger partial charge in [-0.1, -0.05) is 309 Å². The molecule has 0 aliphatic carbocycles. The molecule has 0 radical (unpaired) electrons. The molecule has 0 spiro atoms. The van der Waals surface area contributed by atoms with E-state index in [-0.39, 0.29) is 25.7 Å². The first-order chi connectivity index (χ1) is 51.7. The summed E-state index contributed by atoms with van der Waals surface area (Å²) in [6.45, 7) is 4.55. The minimum Gasteiger partial charge on any atom is -0.462 e. The van der Waals surface area contributed by atoms with Crippen LogP contribution in [0.2, 0.25) is 0 Å². The van der Waals surface area contributed by atoms with Gasteiger partial charge in [0.2, 0.25) is 0 Å². The van der Waals surface area contributed by atoms with Gasteiger partial charge in [-0.2, -0.15) is 0 Å². The molecule has 0 fully saturated rings. The van der Waals surface area contributed by atoms with Crippen LogP contribution in [0.4, 0.5) is 0 Å². The molecule has 3 N–H and O–H groups in total. The molecule has 5 atom stereocenters. The maximum atomic E-state index is 13.1. The van der Waals surface area contributed by atoms with Gasteiger partial charge in [0.05, 0.1) is 26.4 Å². The number of hydrogen-bond acceptors (Lipinski definition) is 15. The van der Waals surface area contributed by atoms with Gasteiger partial charge in [0.1, 0.15) is 19.3 Å². The van der Waals surface area contributed by atoms with Crippen molar-refractivity contribution in [1.82, 2.24) is 0 Å². The Balaban J connectivity index is 5.41. The van der Waals surface area contributed by atoms with Gasteiger partial charge < -0.3 is 33.8 Å². The van der Waals surface area contributed by atoms with E-state index in [4.69, 9.17) is 37.0 Å². The van der Waals surface area contributed by atoms with Crippen LogP contribution < -0.4 is 0 Å². The predicted octanol–water partition coefficient (Wildman–Crippen LogP) is 24.4. The van der Waals surface area contributed by atoms with E-state index in [0.717, 1.165) is 186 Å². The molecule has 0 saturated carbocycles. The molecule has 0 aliphatic heterocycles. The predicted molar refractivity (Wildman–Crippen MR) is 436 cm³/mol. The molecule has 5 unspecified atom stereocenters. The quantitative estimate of drug-likeness (QED) is 0.0169. The molecule has 0 aromatic carbocycles. The van der Waals surface area contributed by atoms with E-state index in [1.54, 1.807) is 0 Å². The maximum Gasteiger partial charge on any atom is 0.472 e. The van der Waals surface area contributed by atoms with Crippen LogP contribution in [0.15, 0.2) is 134 Å². The molecule has 0 saturated heterocycles. The van der Waals surface area contributed by atoms with Crippen LogP contribution in [0.1, 0.15) is 336 Å². The number of carbonyl (C=O) groups excluding carboxylic acids is 4. The lowest BCUT2D eigenvalue weighted by atomic mass is 10.0. The Hall–Kier alpha value is -4.80. The number of aliphatic hydroxyl groups excluding tert-OH is 1. The molecule has 106 heavy (non-hydrogen) atoms. The number of hydrogen-bond donors (Lipinski definition) is 3. The Labute approximate surface area is 644 Å². The number of phosphoric ester groups is 2. The SMILES string of the molecule is CC/C=C\C/C=C\C/C=C\C/C=C\C/C=C\CCCCCC(=O)OCC(COP(=O)(O)OCC(O)COP(=O)(O)OCC(COC(=O)CCCCCCCCCCCCCCCCC)OC(=O)CCCCCCC/C=C\C/C=C\CCC)OC(=O)CCCCCCCC/C=C\C/C=C\C/C=C\C/C=C\CC. The molecule has 0 aliphatic rings. The summed E-state index contributed by atoms with van der Waals surface area (Å²) in [5.74, 6) is -2.23. The minimum atomic E-state index is -5.00. The summed E-state index contributed by atoms with van der Waals surface area (Å²) in [4.78, 5) is 73.1. The second-order valence-corrected chi connectivity index (χ2v) is 30.2. The molecule has 17 nitrogen and oxygen atoms in total. The third kappa shape index (κ3) is 77.4. The van der Waals surface area contributed by atoms with E-state index in [9.17, 15) is 43.2 Å². The van der Waals surface area contributed by atoms with Gasteiger partial charge in [0.25, 0.3) is 0 Å². The second-order valence-electron chi connectivity index (χ2n) is 27.3. The summed E-state index contributed by atoms with van der Waals surface area (Å²) in [5.41, 5.74) is 0. The Morgan fingerprint density at radius 3 is 0.802 bits per heavy atom. The summed E-state index contributed by atoms with van der Waals surface area (Å²) in [7, 11) is -9.98. The van der Waals surface area contributed by atoms with Crippen molar-refractivity contribution in [2.45, 2.75) is 354 Å². The Kier molecular flexibility index (Phi) is 74.8. The zero-order valence-electron chi connectivity index (χ0n) is 66.6. The number of unbranched alkanes of at least 4 members (excludes halogenated alkanes) is 29. The van der Waals surface area contributed by atoms with Gasteiger partial charge in [-0.05, 0) is 135 Å². The van der Waals surface area contributed by atoms with Crippen LogP contribution in [-0.2, 0) is 65.4 Å². The van der Waals surface area contributed by atoms with Gasteiger partial charge >= 0.3 is 39.5 Å². The van der Waals surface area contributed by atoms with E-state index in [0.29, 0.717) is 25.7 Å². The van der Waals surface area contributed by atoms with Crippen molar-refractivity contribution in [2.75, 3.05) is 39.6 Å². The molecule has 0 amide bonds. The van der Waals surface area contributed by atoms with Crippen molar-refractivity contribution in [2.24, 2.45) is 0 Å². The van der Waals surface area contributed by atoms with E-state index < -0.39 is 97.5 Å². The number of esters is 4. The first kappa shape index (κ1) is 101. The van der Waals surface area contributed by atoms with Crippen LogP contribution in [0, 0.1) is 0 Å². The van der Waals surface area contributed by atoms with Crippen LogP contribution >= 0.6 is 15.6 Å². The zero-order chi connectivity index (χ0) is 77.4. The first-order valence-electron chi connectivity index (χ1n) is 41.4. The topological polar surface area (TPSA) is 237 Å². The highest BCUT2D eigenvalue weighted by Crippen LogP contribution is 2.45. The standard InChI is InChI=1S/C87H148O17P2/c1-5-9-13-17-21-25-29-33-36-38-40-42-45-49-52-56-60-64-68-72-85(90)98-78-83(104-87(92)74-70-66-62-58-54-50-46-43-41-39-37-34-30-26-22-18-14-10-6-2)80-102-106(95,96)100-76-81(88)75-99-105(93,94)101-79-82(103-86(91)73-69-65-61-57-53-47-32-28-24-20-16-12-8-4)77-97-84(89)71-67-63-59-55-51-48-44-35-31-27-23-19-15-11-7-3/h9-10,13-14,16,20-22,25-26,28,32-34,36-37,40-43,49,52,81-83,88H,5-8,11-12,15,17-19,23-24,27,29-31,35,38-39,44-48,50-51,53-80H2,1-4H3,(H,93,94)(H,95,96)/b13-9-,14-10-,20-16-,25-21-,26-22-,32-28-,36-33-,37-34-,42-40-,43-41-,52-49-. The summed E-state index contributed by atoms with van der Waals surface area (Å²) < 4.78 is 68.7. The Bertz CT molecular complexity index is 2530. The number of ether oxygens (including phenoxy) is 4. The number of aliphatic hydroxyl groups is 1. The van der Waals surface area contributed by atoms with Gasteiger partial charge in [-0.15, -0.1) is 0 Å². The summed E-state index contributed by atoms with van der Waals surface area (Å²) >= 11 is 0. The third-order valence-corrected chi connectivity index (χ3v) is 19.0. The number of allylic oxidation sites excluding steroid dienone is 22. The maximum absolute atomic E-state index is 13.1. The third-order valence-electron chi connectivity index (χ3n) is 17.1. The van der Waals surface area contributed by atoms with Crippen LogP contribution in [-0.4, -0.2) is 96.7 Å². The van der Waals surface area contributed by atoms with E-state index in [1.807, 2.05) is 0 Å². The molecule has 0 bridgehead atoms. The zero-order valence-corrected chi connectivity index (χ0v) is 68.4. The van der Waals surface area contributed by atoms with Crippen molar-refractivity contribution >= 4 is 39.5 Å². The second kappa shape index (κ2) is 78.3. The molecular weight excluding hydrogens is 1380 g/mol. The molecule has 19 heteroatoms. The van der Waals surface area contributed by atoms with Crippen molar-refractivity contribution in [1.29, 1.82) is 0 Å². The van der Waals surface area contributed by atoms with Crippen molar-refractivity contribution in [3.63, 3.8) is 0 Å². The molecule has 0 aromatic rings. The van der Waals surface area contributed by atoms with Crippen LogP contribution in [0.3, 0.4) is 0 Å². The van der Waals surface area contributed by atoms with Gasteiger partial charge in [0, 0.05) is 25.7 Å². The highest BCUT2D eigenvalue weighted by atomic mass is 31.2. The van der Waals surface area contributed by atoms with Crippen LogP contribution in [0.5, 0.6) is 0 Å². The lowest BCUT2D eigenvalue weighted by Crippen LogP contribution is -2.30. The largest absolute Gasteiger partial charge is 0.472 e. The van der Waals surface area contributed by atoms with E-state index in [1.165, 1.54) is 70.6 Å². The fraction of sp³-hybridized carbons (Fsp3) is 0.701. The Morgan fingerprint density at radius 2 is 0.509 bits per heavy atom. The van der Waals surface area contributed by atoms with Gasteiger partial charge in [0.15, 0.2) is 12.2 Å². The highest BCUT2D eigenvalue weighted by Gasteiger charge is 2.30. The smallest absolute Gasteiger partial charge is 0.462 e. The van der Waals surface area contributed by atoms with Crippen LogP contribution in [0.25, 0.3) is 0 Å². The lowest BCUT2D eigenvalue weighted by Gasteiger charge is -2.21. The summed E-state index contributed by atoms with van der Waals surface area (Å²) in [6.07, 6.45) is 88.5. The van der Waals surface area contributed by atoms with E-state index >= 15 is 0 Å². The molecular formula is C87H148O17P2. The first-order valence-corrected chi connectivity index (χ1v) is 44.4. The van der Waals surface area contributed by atoms with Gasteiger partial charge in [-0.3, -0.25) is 37.3 Å². The fourth-order valence-corrected chi connectivity index (χ4v) is 12.4. The Morgan fingerprint density at radius 1 is 0.274 bits per heavy atom. The molecule has 0 heterocycles. The summed E-state index contributed by atoms with van der Waals surface area (Å²) in [6, 6.07) is 0. The fourth-order valence-electron chi connectivity index (χ4n) is 10.9. The molecule has 0 aromatic heterocycles. The number of carbonyl (C=O) groups is 4. The van der Waals surface area contributed by atoms with E-state index in [2.05, 4.69) is 161 Å². The monoisotopic (exact) mass is 1530 g/mol. The van der Waals surface area contributed by atoms with Crippen molar-refractivity contribution < 1.29 is 80.2 Å². The summed E-state index contributed by atoms with van der Waals surface area (Å²) in [5, 5.41) is 10.7. The highest BCUT2D eigenvalue weighted by molar-refractivity contribution is 7.47. The average molecular weight is 1530 g/mol. The lowest BCUT2D eigenvalue weighted by molar-refractivity contribution is -0.161. The minimum absolute atomic E-state index is 0.0675. The normalized spacial score (nSPS) is 14.5.